The molecule has 0 bridgehead atoms. The highest BCUT2D eigenvalue weighted by Gasteiger charge is 2.44. The van der Waals surface area contributed by atoms with Crippen LogP contribution in [0.1, 0.15) is 60.0 Å². The number of rotatable bonds is 5. The van der Waals surface area contributed by atoms with Gasteiger partial charge < -0.3 is 15.5 Å². The van der Waals surface area contributed by atoms with Crippen LogP contribution >= 0.6 is 0 Å². The molecule has 1 aliphatic carbocycles. The second kappa shape index (κ2) is 7.78. The Morgan fingerprint density at radius 2 is 2.03 bits per heavy atom. The van der Waals surface area contributed by atoms with Crippen LogP contribution in [0, 0.1) is 11.3 Å². The molecular weight excluding hydrogens is 380 g/mol. The minimum Gasteiger partial charge on any atom is -0.322 e. The first-order valence-electron chi connectivity index (χ1n) is 11.2. The fraction of sp³-hybridized carbons (Fsp3) is 0.609. The first kappa shape index (κ1) is 19.7. The van der Waals surface area contributed by atoms with Crippen LogP contribution in [0.15, 0.2) is 18.2 Å². The second-order valence-electron chi connectivity index (χ2n) is 9.39. The van der Waals surface area contributed by atoms with Crippen molar-refractivity contribution in [2.75, 3.05) is 19.6 Å². The van der Waals surface area contributed by atoms with Gasteiger partial charge in [-0.2, -0.15) is 0 Å². The second-order valence-corrected chi connectivity index (χ2v) is 9.39. The van der Waals surface area contributed by atoms with Gasteiger partial charge in [0.05, 0.1) is 0 Å². The van der Waals surface area contributed by atoms with Gasteiger partial charge in [-0.15, -0.1) is 0 Å². The molecule has 7 nitrogen and oxygen atoms in total. The van der Waals surface area contributed by atoms with Crippen molar-refractivity contribution in [1.29, 1.82) is 0 Å². The first-order chi connectivity index (χ1) is 14.6. The lowest BCUT2D eigenvalue weighted by molar-refractivity contribution is -0.136. The summed E-state index contributed by atoms with van der Waals surface area (Å²) in [5, 5.41) is 9.52. The Balaban J connectivity index is 1.21. The highest BCUT2D eigenvalue weighted by molar-refractivity contribution is 6.05. The zero-order valence-electron chi connectivity index (χ0n) is 17.3. The summed E-state index contributed by atoms with van der Waals surface area (Å²) in [6.45, 7) is 4.42. The summed E-state index contributed by atoms with van der Waals surface area (Å²) in [5.41, 5.74) is 3.29. The molecule has 160 valence electrons. The number of carbonyl (C=O) groups is 3. The number of benzene rings is 1. The minimum absolute atomic E-state index is 0.105. The zero-order valence-corrected chi connectivity index (χ0v) is 17.3. The van der Waals surface area contributed by atoms with Gasteiger partial charge in [0.15, 0.2) is 0 Å². The van der Waals surface area contributed by atoms with E-state index in [1.165, 1.54) is 25.7 Å². The molecule has 7 heteroatoms. The zero-order chi connectivity index (χ0) is 20.7. The molecule has 3 N–H and O–H groups in total. The SMILES string of the molecule is O=C1CCC(N2Cc3ccc(CNCC4CNCCC45CCC5)cc3C2=O)C(=O)N1. The molecule has 4 aliphatic rings. The molecule has 2 atom stereocenters. The van der Waals surface area contributed by atoms with Crippen molar-refractivity contribution in [1.82, 2.24) is 20.9 Å². The Morgan fingerprint density at radius 3 is 2.80 bits per heavy atom. The van der Waals surface area contributed by atoms with E-state index < -0.39 is 6.04 Å². The summed E-state index contributed by atoms with van der Waals surface area (Å²) < 4.78 is 0. The monoisotopic (exact) mass is 410 g/mol. The van der Waals surface area contributed by atoms with Crippen molar-refractivity contribution in [3.8, 4) is 0 Å². The van der Waals surface area contributed by atoms with Gasteiger partial charge in [-0.1, -0.05) is 18.6 Å². The number of fused-ring (bicyclic) bond motifs is 1. The lowest BCUT2D eigenvalue weighted by Crippen LogP contribution is -2.52. The number of carbonyl (C=O) groups excluding carboxylic acids is 3. The van der Waals surface area contributed by atoms with Crippen LogP contribution in [0.2, 0.25) is 0 Å². The molecule has 3 amide bonds. The summed E-state index contributed by atoms with van der Waals surface area (Å²) in [5.74, 6) is -0.0451. The van der Waals surface area contributed by atoms with Gasteiger partial charge in [0.2, 0.25) is 11.8 Å². The molecule has 3 aliphatic heterocycles. The van der Waals surface area contributed by atoms with Crippen LogP contribution < -0.4 is 16.0 Å². The molecule has 1 saturated carbocycles. The van der Waals surface area contributed by atoms with E-state index in [0.717, 1.165) is 37.3 Å². The van der Waals surface area contributed by atoms with Gasteiger partial charge in [-0.25, -0.2) is 0 Å². The third-order valence-electron chi connectivity index (χ3n) is 7.72. The van der Waals surface area contributed by atoms with E-state index in [4.69, 9.17) is 0 Å². The quantitative estimate of drug-likeness (QED) is 0.637. The Kier molecular flexibility index (Phi) is 5.11. The number of imide groups is 1. The molecule has 5 rings (SSSR count). The molecule has 3 fully saturated rings. The largest absolute Gasteiger partial charge is 0.322 e. The molecule has 1 aromatic rings. The van der Waals surface area contributed by atoms with Crippen molar-refractivity contribution >= 4 is 17.7 Å². The number of hydrogen-bond acceptors (Lipinski definition) is 5. The summed E-state index contributed by atoms with van der Waals surface area (Å²) in [6.07, 6.45) is 6.07. The minimum atomic E-state index is -0.554. The standard InChI is InChI=1S/C23H30N4O3/c28-20-5-4-19(21(29)26-20)27-14-16-3-2-15(10-18(16)22(27)30)11-25-13-17-12-24-9-8-23(17)6-1-7-23/h2-3,10,17,19,24-25H,1,4-9,11-14H2,(H,26,28,29). The third-order valence-corrected chi connectivity index (χ3v) is 7.72. The van der Waals surface area contributed by atoms with Crippen LogP contribution in [0.3, 0.4) is 0 Å². The van der Waals surface area contributed by atoms with Gasteiger partial charge >= 0.3 is 0 Å². The van der Waals surface area contributed by atoms with E-state index >= 15 is 0 Å². The summed E-state index contributed by atoms with van der Waals surface area (Å²) in [7, 11) is 0. The van der Waals surface area contributed by atoms with Crippen LogP contribution in [0.4, 0.5) is 0 Å². The van der Waals surface area contributed by atoms with Crippen molar-refractivity contribution < 1.29 is 14.4 Å². The first-order valence-corrected chi connectivity index (χ1v) is 11.2. The van der Waals surface area contributed by atoms with Gasteiger partial charge in [0.25, 0.3) is 5.91 Å². The van der Waals surface area contributed by atoms with E-state index in [1.807, 2.05) is 12.1 Å². The predicted molar refractivity (Wildman–Crippen MR) is 111 cm³/mol. The van der Waals surface area contributed by atoms with Gasteiger partial charge in [0.1, 0.15) is 6.04 Å². The molecule has 2 saturated heterocycles. The van der Waals surface area contributed by atoms with E-state index in [0.29, 0.717) is 29.9 Å². The highest BCUT2D eigenvalue weighted by Crippen LogP contribution is 2.50. The maximum Gasteiger partial charge on any atom is 0.255 e. The predicted octanol–water partition coefficient (Wildman–Crippen LogP) is 1.32. The Morgan fingerprint density at radius 1 is 1.17 bits per heavy atom. The molecule has 3 heterocycles. The molecule has 1 spiro atoms. The molecule has 0 aromatic heterocycles. The average Bonchev–Trinajstić information content (AvgIpc) is 3.03. The van der Waals surface area contributed by atoms with Crippen molar-refractivity contribution in [3.63, 3.8) is 0 Å². The maximum absolute atomic E-state index is 13.0. The van der Waals surface area contributed by atoms with Crippen molar-refractivity contribution in [2.24, 2.45) is 11.3 Å². The topological polar surface area (TPSA) is 90.5 Å². The maximum atomic E-state index is 13.0. The van der Waals surface area contributed by atoms with Gasteiger partial charge in [0, 0.05) is 31.6 Å². The summed E-state index contributed by atoms with van der Waals surface area (Å²) in [6, 6.07) is 5.49. The van der Waals surface area contributed by atoms with E-state index in [1.54, 1.807) is 4.90 Å². The third kappa shape index (κ3) is 3.44. The van der Waals surface area contributed by atoms with Crippen LogP contribution in [-0.2, 0) is 22.7 Å². The molecular formula is C23H30N4O3. The fourth-order valence-electron chi connectivity index (χ4n) is 5.71. The fourth-order valence-corrected chi connectivity index (χ4v) is 5.71. The summed E-state index contributed by atoms with van der Waals surface area (Å²) >= 11 is 0. The number of hydrogen-bond donors (Lipinski definition) is 3. The van der Waals surface area contributed by atoms with Crippen LogP contribution in [0.25, 0.3) is 0 Å². The molecule has 0 radical (unpaired) electrons. The number of amides is 3. The Bertz CT molecular complexity index is 879. The highest BCUT2D eigenvalue weighted by atomic mass is 16.2. The Labute approximate surface area is 177 Å². The number of piperidine rings is 2. The van der Waals surface area contributed by atoms with E-state index in [9.17, 15) is 14.4 Å². The number of nitrogens with zero attached hydrogens (tertiary/aromatic N) is 1. The van der Waals surface area contributed by atoms with Crippen molar-refractivity contribution in [3.05, 3.63) is 34.9 Å². The van der Waals surface area contributed by atoms with Gasteiger partial charge in [-0.05, 0) is 67.3 Å². The van der Waals surface area contributed by atoms with E-state index in [2.05, 4.69) is 22.0 Å². The Hall–Kier alpha value is -2.25. The molecule has 1 aromatic carbocycles. The van der Waals surface area contributed by atoms with E-state index in [-0.39, 0.29) is 24.1 Å². The smallest absolute Gasteiger partial charge is 0.255 e. The van der Waals surface area contributed by atoms with Crippen LogP contribution in [0.5, 0.6) is 0 Å². The number of nitrogens with one attached hydrogen (secondary N) is 3. The molecule has 2 unspecified atom stereocenters. The van der Waals surface area contributed by atoms with Crippen LogP contribution in [-0.4, -0.2) is 48.3 Å². The lowest BCUT2D eigenvalue weighted by atomic mass is 9.58. The van der Waals surface area contributed by atoms with Crippen molar-refractivity contribution in [2.45, 2.75) is 57.7 Å². The average molecular weight is 411 g/mol. The summed E-state index contributed by atoms with van der Waals surface area (Å²) in [4.78, 5) is 38.2. The molecule has 30 heavy (non-hydrogen) atoms. The van der Waals surface area contributed by atoms with Gasteiger partial charge in [-0.3, -0.25) is 19.7 Å². The lowest BCUT2D eigenvalue weighted by Gasteiger charge is -2.51. The normalized spacial score (nSPS) is 27.7.